The fourth-order valence-electron chi connectivity index (χ4n) is 5.77. The van der Waals surface area contributed by atoms with Gasteiger partial charge >= 0.3 is 24.0 Å². The van der Waals surface area contributed by atoms with Gasteiger partial charge in [-0.15, -0.1) is 0 Å². The molecule has 0 spiro atoms. The van der Waals surface area contributed by atoms with E-state index in [1.54, 1.807) is 24.3 Å². The number of hydrogen-bond donors (Lipinski definition) is 4. The van der Waals surface area contributed by atoms with Crippen molar-refractivity contribution < 1.29 is 41.1 Å². The number of alkyl halides is 3. The molecule has 1 atom stereocenters. The Hall–Kier alpha value is -5.58. The molecular formula is C35H32ClF5N8O4. The van der Waals surface area contributed by atoms with E-state index in [4.69, 9.17) is 16.3 Å². The molecule has 0 radical (unpaired) electrons. The normalized spacial score (nSPS) is 16.3. The zero-order valence-electron chi connectivity index (χ0n) is 27.8. The van der Waals surface area contributed by atoms with Crippen molar-refractivity contribution in [3.8, 4) is 6.01 Å². The summed E-state index contributed by atoms with van der Waals surface area (Å²) in [6.07, 6.45) is -1.92. The number of carbonyl (C=O) groups excluding carboxylic acids is 3. The lowest BCUT2D eigenvalue weighted by molar-refractivity contribution is -0.154. The number of halogens is 6. The maximum absolute atomic E-state index is 13.9. The van der Waals surface area contributed by atoms with Crippen molar-refractivity contribution in [3.05, 3.63) is 94.5 Å². The SMILES string of the molecule is O=C(Nc1ccc(F)cc1F)C(=O)N1CCCC(CNC(=O)c2ccc(Nc3nc(NC4(c5ccc(Cl)cc5)CC4)nc(OCC(F)(F)F)n3)cc2)C1. The number of hydrogen-bond acceptors (Lipinski definition) is 9. The quantitative estimate of drug-likeness (QED) is 0.104. The van der Waals surface area contributed by atoms with E-state index in [0.29, 0.717) is 41.7 Å². The molecule has 1 unspecified atom stereocenters. The second kappa shape index (κ2) is 15.6. The van der Waals surface area contributed by atoms with E-state index in [9.17, 15) is 36.3 Å². The van der Waals surface area contributed by atoms with Gasteiger partial charge < -0.3 is 30.9 Å². The molecule has 1 saturated carbocycles. The van der Waals surface area contributed by atoms with E-state index in [2.05, 4.69) is 36.2 Å². The van der Waals surface area contributed by atoms with Crippen molar-refractivity contribution in [1.29, 1.82) is 0 Å². The van der Waals surface area contributed by atoms with E-state index in [-0.39, 0.29) is 36.6 Å². The smallest absolute Gasteiger partial charge is 0.422 e. The molecule has 3 amide bonds. The molecule has 2 fully saturated rings. The minimum Gasteiger partial charge on any atom is -0.454 e. The summed E-state index contributed by atoms with van der Waals surface area (Å²) in [4.78, 5) is 51.9. The molecule has 18 heteroatoms. The number of carbonyl (C=O) groups is 3. The molecule has 1 aliphatic heterocycles. The number of benzene rings is 3. The van der Waals surface area contributed by atoms with E-state index in [1.807, 2.05) is 12.1 Å². The average Bonchev–Trinajstić information content (AvgIpc) is 3.91. The third-order valence-electron chi connectivity index (χ3n) is 8.61. The van der Waals surface area contributed by atoms with Crippen molar-refractivity contribution in [1.82, 2.24) is 25.2 Å². The summed E-state index contributed by atoms with van der Waals surface area (Å²) in [5.41, 5.74) is 0.760. The summed E-state index contributed by atoms with van der Waals surface area (Å²) < 4.78 is 70.8. The topological polar surface area (TPSA) is 150 Å². The highest BCUT2D eigenvalue weighted by molar-refractivity contribution is 6.39. The molecule has 6 rings (SSSR count). The van der Waals surface area contributed by atoms with Crippen LogP contribution in [-0.4, -0.2) is 70.0 Å². The molecule has 2 aliphatic rings. The molecular weight excluding hydrogens is 727 g/mol. The summed E-state index contributed by atoms with van der Waals surface area (Å²) >= 11 is 6.03. The van der Waals surface area contributed by atoms with Crippen molar-refractivity contribution in [2.75, 3.05) is 42.2 Å². The number of aromatic nitrogens is 3. The van der Waals surface area contributed by atoms with Gasteiger partial charge in [0.25, 0.3) is 5.91 Å². The lowest BCUT2D eigenvalue weighted by atomic mass is 9.97. The minimum atomic E-state index is -4.62. The van der Waals surface area contributed by atoms with Gasteiger partial charge in [0.1, 0.15) is 11.6 Å². The highest BCUT2D eigenvalue weighted by Crippen LogP contribution is 2.48. The summed E-state index contributed by atoms with van der Waals surface area (Å²) in [5, 5.41) is 11.7. The van der Waals surface area contributed by atoms with Crippen LogP contribution in [0.5, 0.6) is 6.01 Å². The molecule has 278 valence electrons. The lowest BCUT2D eigenvalue weighted by Gasteiger charge is -2.32. The summed E-state index contributed by atoms with van der Waals surface area (Å²) in [6.45, 7) is -0.921. The predicted octanol–water partition coefficient (Wildman–Crippen LogP) is 6.20. The van der Waals surface area contributed by atoms with Crippen LogP contribution >= 0.6 is 11.6 Å². The van der Waals surface area contributed by atoms with Gasteiger partial charge in [-0.25, -0.2) is 8.78 Å². The Morgan fingerprint density at radius 1 is 0.943 bits per heavy atom. The Morgan fingerprint density at radius 3 is 2.34 bits per heavy atom. The van der Waals surface area contributed by atoms with Crippen LogP contribution in [0.4, 0.5) is 45.2 Å². The first-order chi connectivity index (χ1) is 25.2. The standard InChI is InChI=1S/C35H32ClF5N8O4/c36-23-7-5-22(6-8-23)34(13-14-34)48-32-45-31(46-33(47-32)53-19-35(39,40)41)43-25-10-3-21(4-11-25)28(50)42-17-20-2-1-15-49(18-20)30(52)29(51)44-27-12-9-24(37)16-26(27)38/h3-12,16,20H,1-2,13-15,17-19H2,(H,42,50)(H,44,51)(H2,43,45,46,47,48). The first-order valence-electron chi connectivity index (χ1n) is 16.5. The molecule has 2 heterocycles. The van der Waals surface area contributed by atoms with E-state index in [0.717, 1.165) is 30.5 Å². The first kappa shape index (κ1) is 37.2. The van der Waals surface area contributed by atoms with Crippen LogP contribution in [0.2, 0.25) is 5.02 Å². The monoisotopic (exact) mass is 758 g/mol. The molecule has 3 aromatic carbocycles. The Morgan fingerprint density at radius 2 is 1.66 bits per heavy atom. The number of anilines is 4. The van der Waals surface area contributed by atoms with Crippen LogP contribution in [0, 0.1) is 17.6 Å². The van der Waals surface area contributed by atoms with Gasteiger partial charge in [-0.3, -0.25) is 14.4 Å². The van der Waals surface area contributed by atoms with E-state index in [1.165, 1.54) is 17.0 Å². The predicted molar refractivity (Wildman–Crippen MR) is 184 cm³/mol. The van der Waals surface area contributed by atoms with Crippen molar-refractivity contribution in [2.45, 2.75) is 37.4 Å². The van der Waals surface area contributed by atoms with Crippen LogP contribution in [-0.2, 0) is 15.1 Å². The second-order valence-electron chi connectivity index (χ2n) is 12.6. The van der Waals surface area contributed by atoms with Gasteiger partial charge in [-0.1, -0.05) is 23.7 Å². The molecule has 53 heavy (non-hydrogen) atoms. The van der Waals surface area contributed by atoms with E-state index >= 15 is 0 Å². The molecule has 1 saturated heterocycles. The number of nitrogens with zero attached hydrogens (tertiary/aromatic N) is 4. The van der Waals surface area contributed by atoms with Gasteiger partial charge in [0.2, 0.25) is 11.9 Å². The third kappa shape index (κ3) is 9.85. The maximum atomic E-state index is 13.9. The molecule has 1 aromatic heterocycles. The Labute approximate surface area is 304 Å². The largest absolute Gasteiger partial charge is 0.454 e. The van der Waals surface area contributed by atoms with Crippen molar-refractivity contribution in [3.63, 3.8) is 0 Å². The molecule has 4 N–H and O–H groups in total. The van der Waals surface area contributed by atoms with Gasteiger partial charge in [0.05, 0.1) is 11.2 Å². The zero-order chi connectivity index (χ0) is 37.8. The molecule has 1 aliphatic carbocycles. The molecule has 12 nitrogen and oxygen atoms in total. The van der Waals surface area contributed by atoms with Gasteiger partial charge in [0.15, 0.2) is 6.61 Å². The highest BCUT2D eigenvalue weighted by Gasteiger charge is 2.45. The number of amides is 3. The third-order valence-corrected chi connectivity index (χ3v) is 8.86. The fourth-order valence-corrected chi connectivity index (χ4v) is 5.90. The Bertz CT molecular complexity index is 1980. The second-order valence-corrected chi connectivity index (χ2v) is 13.1. The minimum absolute atomic E-state index is 0.00601. The summed E-state index contributed by atoms with van der Waals surface area (Å²) in [7, 11) is 0. The molecule has 0 bridgehead atoms. The first-order valence-corrected chi connectivity index (χ1v) is 16.8. The number of ether oxygens (including phenoxy) is 1. The van der Waals surface area contributed by atoms with Crippen LogP contribution < -0.4 is 26.0 Å². The lowest BCUT2D eigenvalue weighted by Crippen LogP contribution is -2.47. The summed E-state index contributed by atoms with van der Waals surface area (Å²) in [5.74, 6) is -4.45. The van der Waals surface area contributed by atoms with Crippen LogP contribution in [0.25, 0.3) is 0 Å². The van der Waals surface area contributed by atoms with Crippen LogP contribution in [0.15, 0.2) is 66.7 Å². The maximum Gasteiger partial charge on any atom is 0.422 e. The highest BCUT2D eigenvalue weighted by atomic mass is 35.5. The number of nitrogens with one attached hydrogen (secondary N) is 4. The van der Waals surface area contributed by atoms with Crippen LogP contribution in [0.1, 0.15) is 41.6 Å². The molecule has 4 aromatic rings. The van der Waals surface area contributed by atoms with Gasteiger partial charge in [-0.2, -0.15) is 28.1 Å². The van der Waals surface area contributed by atoms with Gasteiger partial charge in [0, 0.05) is 42.0 Å². The number of likely N-dealkylation sites (tertiary alicyclic amines) is 1. The Kier molecular flexibility index (Phi) is 10.9. The number of rotatable bonds is 11. The van der Waals surface area contributed by atoms with Crippen LogP contribution in [0.3, 0.4) is 0 Å². The zero-order valence-corrected chi connectivity index (χ0v) is 28.5. The fraction of sp³-hybridized carbons (Fsp3) is 0.314. The van der Waals surface area contributed by atoms with E-state index < -0.39 is 53.7 Å². The summed E-state index contributed by atoms with van der Waals surface area (Å²) in [6, 6.07) is 15.3. The Balaban J connectivity index is 1.05. The van der Waals surface area contributed by atoms with Gasteiger partial charge in [-0.05, 0) is 85.7 Å². The van der Waals surface area contributed by atoms with Crippen molar-refractivity contribution >= 4 is 52.6 Å². The van der Waals surface area contributed by atoms with Crippen molar-refractivity contribution in [2.24, 2.45) is 5.92 Å². The average molecular weight is 759 g/mol. The number of piperidine rings is 1.